The summed E-state index contributed by atoms with van der Waals surface area (Å²) in [5.74, 6) is 0. The fraction of sp³-hybridized carbons (Fsp3) is 0.0541. The highest BCUT2D eigenvalue weighted by molar-refractivity contribution is 6.11. The standard InChI is InChI=1S/C74H52N2/c1-73(2)64-35-14-11-32-59(64)62-48-57(42-43-65(62)73)75(68-39-19-22-49-21-9-10-31-58(49)68)56-30-18-25-52(46-56)50-23-17-24-51(45-50)53-41-44-70-63(47-53)60-33-13-16-38-69(60)76(70)71-40-20-37-67-72(71)61-34-12-15-36-66(61)74(67,54-26-5-3-6-27-54)55-28-7-4-8-29-55/h3-48H,1-2H3. The second-order valence-electron chi connectivity index (χ2n) is 21.2. The minimum absolute atomic E-state index is 0.0739. The van der Waals surface area contributed by atoms with Gasteiger partial charge in [0, 0.05) is 38.5 Å². The van der Waals surface area contributed by atoms with Gasteiger partial charge in [0.25, 0.3) is 0 Å². The van der Waals surface area contributed by atoms with E-state index in [0.29, 0.717) is 0 Å². The number of anilines is 3. The van der Waals surface area contributed by atoms with E-state index in [0.717, 1.165) is 22.6 Å². The van der Waals surface area contributed by atoms with Crippen molar-refractivity contribution >= 4 is 49.6 Å². The van der Waals surface area contributed by atoms with Gasteiger partial charge in [-0.25, -0.2) is 0 Å². The van der Waals surface area contributed by atoms with Crippen LogP contribution < -0.4 is 4.90 Å². The number of aromatic nitrogens is 1. The van der Waals surface area contributed by atoms with E-state index in [4.69, 9.17) is 0 Å². The third kappa shape index (κ3) is 6.47. The van der Waals surface area contributed by atoms with Gasteiger partial charge in [-0.3, -0.25) is 0 Å². The second kappa shape index (κ2) is 17.0. The maximum atomic E-state index is 2.51. The molecule has 2 aliphatic rings. The van der Waals surface area contributed by atoms with Crippen LogP contribution in [0.1, 0.15) is 47.2 Å². The molecule has 1 heterocycles. The van der Waals surface area contributed by atoms with Crippen molar-refractivity contribution in [3.63, 3.8) is 0 Å². The van der Waals surface area contributed by atoms with Gasteiger partial charge in [-0.1, -0.05) is 232 Å². The highest BCUT2D eigenvalue weighted by Crippen LogP contribution is 2.58. The van der Waals surface area contributed by atoms with E-state index in [1.165, 1.54) is 111 Å². The van der Waals surface area contributed by atoms with Crippen LogP contribution in [-0.2, 0) is 10.8 Å². The molecule has 0 aliphatic heterocycles. The van der Waals surface area contributed by atoms with Crippen LogP contribution in [0.2, 0.25) is 0 Å². The lowest BCUT2D eigenvalue weighted by Crippen LogP contribution is -2.28. The minimum atomic E-state index is -0.485. The Hall–Kier alpha value is -9.50. The summed E-state index contributed by atoms with van der Waals surface area (Å²) in [6, 6.07) is 104. The monoisotopic (exact) mass is 968 g/mol. The van der Waals surface area contributed by atoms with Crippen molar-refractivity contribution in [2.45, 2.75) is 24.7 Å². The molecule has 0 radical (unpaired) electrons. The van der Waals surface area contributed by atoms with E-state index in [9.17, 15) is 0 Å². The minimum Gasteiger partial charge on any atom is -0.310 e. The topological polar surface area (TPSA) is 8.17 Å². The van der Waals surface area contributed by atoms with Crippen LogP contribution in [0.15, 0.2) is 279 Å². The summed E-state index contributed by atoms with van der Waals surface area (Å²) in [4.78, 5) is 2.46. The first-order valence-corrected chi connectivity index (χ1v) is 26.6. The number of hydrogen-bond donors (Lipinski definition) is 0. The van der Waals surface area contributed by atoms with Crippen LogP contribution in [0, 0.1) is 0 Å². The number of benzene rings is 12. The number of para-hydroxylation sites is 1. The molecule has 0 saturated carbocycles. The van der Waals surface area contributed by atoms with E-state index in [1.54, 1.807) is 0 Å². The molecule has 358 valence electrons. The summed E-state index contributed by atoms with van der Waals surface area (Å²) in [7, 11) is 0. The second-order valence-corrected chi connectivity index (χ2v) is 21.2. The Morgan fingerprint density at radius 2 is 0.882 bits per heavy atom. The summed E-state index contributed by atoms with van der Waals surface area (Å²) in [5.41, 5.74) is 24.1. The van der Waals surface area contributed by atoms with Crippen molar-refractivity contribution < 1.29 is 0 Å². The van der Waals surface area contributed by atoms with Crippen LogP contribution in [0.5, 0.6) is 0 Å². The Kier molecular flexibility index (Phi) is 9.86. The van der Waals surface area contributed by atoms with Gasteiger partial charge in [-0.2, -0.15) is 0 Å². The van der Waals surface area contributed by atoms with Crippen LogP contribution in [0.25, 0.3) is 82.8 Å². The highest BCUT2D eigenvalue weighted by atomic mass is 15.1. The summed E-state index contributed by atoms with van der Waals surface area (Å²) in [6.45, 7) is 4.70. The quantitative estimate of drug-likeness (QED) is 0.147. The van der Waals surface area contributed by atoms with Gasteiger partial charge >= 0.3 is 0 Å². The molecule has 0 N–H and O–H groups in total. The Morgan fingerprint density at radius 3 is 1.67 bits per heavy atom. The summed E-state index contributed by atoms with van der Waals surface area (Å²) >= 11 is 0. The smallest absolute Gasteiger partial charge is 0.0714 e. The normalized spacial score (nSPS) is 13.6. The van der Waals surface area contributed by atoms with Gasteiger partial charge in [0.1, 0.15) is 0 Å². The molecule has 15 rings (SSSR count). The van der Waals surface area contributed by atoms with Crippen LogP contribution in [0.3, 0.4) is 0 Å². The molecule has 2 heteroatoms. The van der Waals surface area contributed by atoms with Gasteiger partial charge in [0.2, 0.25) is 0 Å². The summed E-state index contributed by atoms with van der Waals surface area (Å²) < 4.78 is 2.51. The Bertz CT molecular complexity index is 4400. The molecular weight excluding hydrogens is 917 g/mol. The van der Waals surface area contributed by atoms with Crippen molar-refractivity contribution in [1.29, 1.82) is 0 Å². The molecule has 0 amide bonds. The van der Waals surface area contributed by atoms with Gasteiger partial charge in [-0.15, -0.1) is 0 Å². The van der Waals surface area contributed by atoms with E-state index in [2.05, 4.69) is 302 Å². The molecule has 0 atom stereocenters. The van der Waals surface area contributed by atoms with Crippen molar-refractivity contribution in [1.82, 2.24) is 4.57 Å². The molecule has 2 nitrogen and oxygen atoms in total. The average molecular weight is 969 g/mol. The van der Waals surface area contributed by atoms with E-state index in [1.807, 2.05) is 0 Å². The molecule has 76 heavy (non-hydrogen) atoms. The Balaban J connectivity index is 0.855. The van der Waals surface area contributed by atoms with Crippen LogP contribution in [-0.4, -0.2) is 4.57 Å². The van der Waals surface area contributed by atoms with E-state index in [-0.39, 0.29) is 5.41 Å². The zero-order valence-corrected chi connectivity index (χ0v) is 42.5. The SMILES string of the molecule is CC1(C)c2ccccc2-c2cc(N(c3cccc(-c4cccc(-c5ccc6c(c5)c5ccccc5n6-c5cccc6c5-c5ccccc5C6(c5ccccc5)c5ccccc5)c4)c3)c3cccc4ccccc34)ccc21. The van der Waals surface area contributed by atoms with Gasteiger partial charge in [0.05, 0.1) is 27.8 Å². The molecule has 0 spiro atoms. The Morgan fingerprint density at radius 1 is 0.329 bits per heavy atom. The maximum Gasteiger partial charge on any atom is 0.0714 e. The first-order valence-electron chi connectivity index (χ1n) is 26.6. The molecule has 0 bridgehead atoms. The fourth-order valence-electron chi connectivity index (χ4n) is 13.5. The first kappa shape index (κ1) is 44.0. The molecule has 0 unspecified atom stereocenters. The predicted octanol–water partition coefficient (Wildman–Crippen LogP) is 19.4. The Labute approximate surface area is 444 Å². The van der Waals surface area contributed by atoms with Crippen LogP contribution >= 0.6 is 0 Å². The zero-order valence-electron chi connectivity index (χ0n) is 42.5. The molecule has 1 aromatic heterocycles. The number of nitrogens with zero attached hydrogens (tertiary/aromatic N) is 2. The molecular formula is C74H52N2. The van der Waals surface area contributed by atoms with E-state index >= 15 is 0 Å². The largest absolute Gasteiger partial charge is 0.310 e. The molecule has 0 saturated heterocycles. The average Bonchev–Trinajstić information content (AvgIpc) is 4.25. The zero-order chi connectivity index (χ0) is 50.5. The summed E-state index contributed by atoms with van der Waals surface area (Å²) in [5, 5.41) is 4.89. The predicted molar refractivity (Wildman–Crippen MR) is 319 cm³/mol. The van der Waals surface area contributed by atoms with Crippen molar-refractivity contribution in [3.8, 4) is 50.2 Å². The lowest BCUT2D eigenvalue weighted by atomic mass is 9.68. The number of hydrogen-bond acceptors (Lipinski definition) is 1. The van der Waals surface area contributed by atoms with Gasteiger partial charge in [-0.05, 0) is 138 Å². The fourth-order valence-corrected chi connectivity index (χ4v) is 13.5. The lowest BCUT2D eigenvalue weighted by Gasteiger charge is -2.34. The molecule has 12 aromatic carbocycles. The van der Waals surface area contributed by atoms with Gasteiger partial charge < -0.3 is 9.47 Å². The van der Waals surface area contributed by atoms with E-state index < -0.39 is 5.41 Å². The molecule has 13 aromatic rings. The highest BCUT2D eigenvalue weighted by Gasteiger charge is 2.47. The van der Waals surface area contributed by atoms with Crippen molar-refractivity contribution in [2.24, 2.45) is 0 Å². The molecule has 0 fully saturated rings. The summed E-state index contributed by atoms with van der Waals surface area (Å²) in [6.07, 6.45) is 0. The van der Waals surface area contributed by atoms with Gasteiger partial charge in [0.15, 0.2) is 0 Å². The third-order valence-electron chi connectivity index (χ3n) is 16.8. The van der Waals surface area contributed by atoms with Crippen molar-refractivity contribution in [2.75, 3.05) is 4.90 Å². The lowest BCUT2D eigenvalue weighted by molar-refractivity contribution is 0.660. The number of fused-ring (bicyclic) bond motifs is 10. The van der Waals surface area contributed by atoms with Crippen LogP contribution in [0.4, 0.5) is 17.1 Å². The maximum absolute atomic E-state index is 2.51. The third-order valence-corrected chi connectivity index (χ3v) is 16.8. The number of rotatable bonds is 8. The van der Waals surface area contributed by atoms with Crippen molar-refractivity contribution in [3.05, 3.63) is 312 Å². The first-order chi connectivity index (χ1) is 37.5. The molecule has 2 aliphatic carbocycles.